The topological polar surface area (TPSA) is 32.3 Å². The quantitative estimate of drug-likeness (QED) is 0.744. The number of rotatable bonds is 8. The summed E-state index contributed by atoms with van der Waals surface area (Å²) >= 11 is 5.79. The lowest BCUT2D eigenvalue weighted by Crippen LogP contribution is -2.29. The Labute approximate surface area is 127 Å². The number of nitrogens with one attached hydrogen (secondary N) is 1. The Morgan fingerprint density at radius 1 is 1.25 bits per heavy atom. The number of alkyl halides is 1. The predicted molar refractivity (Wildman–Crippen MR) is 86.8 cm³/mol. The highest BCUT2D eigenvalue weighted by Crippen LogP contribution is 2.13. The Morgan fingerprint density at radius 3 is 2.40 bits per heavy atom. The molecule has 0 aliphatic rings. The van der Waals surface area contributed by atoms with E-state index >= 15 is 0 Å². The summed E-state index contributed by atoms with van der Waals surface area (Å²) in [7, 11) is 3.97. The van der Waals surface area contributed by atoms with Gasteiger partial charge in [0.2, 0.25) is 0 Å². The van der Waals surface area contributed by atoms with Crippen LogP contribution in [0.15, 0.2) is 24.3 Å². The van der Waals surface area contributed by atoms with Crippen molar-refractivity contribution in [2.45, 2.75) is 26.2 Å². The van der Waals surface area contributed by atoms with Crippen LogP contribution in [0.2, 0.25) is 0 Å². The van der Waals surface area contributed by atoms with Gasteiger partial charge in [-0.1, -0.05) is 13.3 Å². The molecule has 0 fully saturated rings. The Bertz CT molecular complexity index is 397. The van der Waals surface area contributed by atoms with Crippen molar-refractivity contribution in [1.29, 1.82) is 0 Å². The molecule has 0 spiro atoms. The first kappa shape index (κ1) is 16.8. The summed E-state index contributed by atoms with van der Waals surface area (Å²) in [5.74, 6) is 1.12. The molecule has 0 bridgehead atoms. The van der Waals surface area contributed by atoms with Crippen LogP contribution in [0.4, 0.5) is 5.69 Å². The molecule has 20 heavy (non-hydrogen) atoms. The van der Waals surface area contributed by atoms with E-state index in [9.17, 15) is 4.79 Å². The van der Waals surface area contributed by atoms with Crippen LogP contribution in [0.25, 0.3) is 0 Å². The van der Waals surface area contributed by atoms with Crippen LogP contribution in [0.1, 0.15) is 36.5 Å². The zero-order valence-electron chi connectivity index (χ0n) is 12.7. The van der Waals surface area contributed by atoms with Gasteiger partial charge < -0.3 is 10.2 Å². The van der Waals surface area contributed by atoms with Crippen LogP contribution in [0, 0.1) is 5.92 Å². The van der Waals surface area contributed by atoms with Gasteiger partial charge in [0.25, 0.3) is 5.91 Å². The molecule has 4 heteroatoms. The van der Waals surface area contributed by atoms with E-state index in [4.69, 9.17) is 11.6 Å². The molecule has 1 atom stereocenters. The first-order chi connectivity index (χ1) is 9.58. The molecule has 0 saturated carbocycles. The SMILES string of the molecule is CCCC(CCCl)CNC(=O)c1ccc(N(C)C)cc1. The van der Waals surface area contributed by atoms with E-state index in [1.54, 1.807) is 0 Å². The second-order valence-corrected chi connectivity index (χ2v) is 5.66. The van der Waals surface area contributed by atoms with Crippen LogP contribution in [-0.4, -0.2) is 32.4 Å². The molecule has 0 radical (unpaired) electrons. The van der Waals surface area contributed by atoms with Crippen molar-refractivity contribution in [1.82, 2.24) is 5.32 Å². The molecule has 112 valence electrons. The van der Waals surface area contributed by atoms with Crippen molar-refractivity contribution >= 4 is 23.2 Å². The minimum Gasteiger partial charge on any atom is -0.378 e. The van der Waals surface area contributed by atoms with E-state index in [1.165, 1.54) is 0 Å². The van der Waals surface area contributed by atoms with E-state index in [0.717, 1.165) is 24.9 Å². The number of amides is 1. The standard InChI is InChI=1S/C16H25ClN2O/c1-4-5-13(10-11-17)12-18-16(20)14-6-8-15(9-7-14)19(2)3/h6-9,13H,4-5,10-12H2,1-3H3,(H,18,20). The van der Waals surface area contributed by atoms with Gasteiger partial charge in [-0.2, -0.15) is 0 Å². The fourth-order valence-electron chi connectivity index (χ4n) is 2.16. The lowest BCUT2D eigenvalue weighted by atomic mass is 10.0. The first-order valence-electron chi connectivity index (χ1n) is 7.20. The van der Waals surface area contributed by atoms with Gasteiger partial charge >= 0.3 is 0 Å². The number of carbonyl (C=O) groups is 1. The average Bonchev–Trinajstić information content (AvgIpc) is 2.45. The smallest absolute Gasteiger partial charge is 0.251 e. The molecule has 0 heterocycles. The molecule has 1 N–H and O–H groups in total. The third kappa shape index (κ3) is 5.41. The van der Waals surface area contributed by atoms with Crippen molar-refractivity contribution in [2.24, 2.45) is 5.92 Å². The highest BCUT2D eigenvalue weighted by atomic mass is 35.5. The van der Waals surface area contributed by atoms with Gasteiger partial charge in [-0.3, -0.25) is 4.79 Å². The molecule has 1 rings (SSSR count). The molecule has 1 unspecified atom stereocenters. The number of hydrogen-bond donors (Lipinski definition) is 1. The molecule has 1 aromatic carbocycles. The molecular weight excluding hydrogens is 272 g/mol. The largest absolute Gasteiger partial charge is 0.378 e. The number of benzene rings is 1. The minimum atomic E-state index is -0.00835. The third-order valence-electron chi connectivity index (χ3n) is 3.41. The maximum absolute atomic E-state index is 12.1. The minimum absolute atomic E-state index is 0.00835. The summed E-state index contributed by atoms with van der Waals surface area (Å²) in [6, 6.07) is 7.64. The number of carbonyl (C=O) groups excluding carboxylic acids is 1. The fraction of sp³-hybridized carbons (Fsp3) is 0.562. The number of hydrogen-bond acceptors (Lipinski definition) is 2. The van der Waals surface area contributed by atoms with E-state index in [2.05, 4.69) is 12.2 Å². The average molecular weight is 297 g/mol. The summed E-state index contributed by atoms with van der Waals surface area (Å²) in [6.07, 6.45) is 3.18. The molecular formula is C16H25ClN2O. The van der Waals surface area contributed by atoms with E-state index in [0.29, 0.717) is 23.9 Å². The van der Waals surface area contributed by atoms with Crippen LogP contribution in [0.5, 0.6) is 0 Å². The van der Waals surface area contributed by atoms with E-state index < -0.39 is 0 Å². The van der Waals surface area contributed by atoms with Gasteiger partial charge in [0.05, 0.1) is 0 Å². The molecule has 1 aromatic rings. The van der Waals surface area contributed by atoms with Crippen LogP contribution in [0.3, 0.4) is 0 Å². The Hall–Kier alpha value is -1.22. The van der Waals surface area contributed by atoms with Crippen molar-refractivity contribution in [3.63, 3.8) is 0 Å². The van der Waals surface area contributed by atoms with Gasteiger partial charge in [0.15, 0.2) is 0 Å². The van der Waals surface area contributed by atoms with Crippen LogP contribution < -0.4 is 10.2 Å². The highest BCUT2D eigenvalue weighted by Gasteiger charge is 2.10. The van der Waals surface area contributed by atoms with Gasteiger partial charge in [0.1, 0.15) is 0 Å². The van der Waals surface area contributed by atoms with E-state index in [1.807, 2.05) is 43.3 Å². The monoisotopic (exact) mass is 296 g/mol. The molecule has 1 amide bonds. The number of anilines is 1. The summed E-state index contributed by atoms with van der Waals surface area (Å²) in [6.45, 7) is 2.86. The fourth-order valence-corrected chi connectivity index (χ4v) is 2.47. The summed E-state index contributed by atoms with van der Waals surface area (Å²) < 4.78 is 0. The summed E-state index contributed by atoms with van der Waals surface area (Å²) in [5, 5.41) is 3.01. The second kappa shape index (κ2) is 8.85. The third-order valence-corrected chi connectivity index (χ3v) is 3.63. The predicted octanol–water partition coefficient (Wildman–Crippen LogP) is 3.53. The second-order valence-electron chi connectivity index (χ2n) is 5.28. The normalized spacial score (nSPS) is 12.0. The molecule has 0 aliphatic heterocycles. The van der Waals surface area contributed by atoms with Crippen molar-refractivity contribution in [3.8, 4) is 0 Å². The van der Waals surface area contributed by atoms with Crippen molar-refractivity contribution < 1.29 is 4.79 Å². The van der Waals surface area contributed by atoms with Gasteiger partial charge in [-0.15, -0.1) is 11.6 Å². The lowest BCUT2D eigenvalue weighted by Gasteiger charge is -2.16. The lowest BCUT2D eigenvalue weighted by molar-refractivity contribution is 0.0946. The van der Waals surface area contributed by atoms with E-state index in [-0.39, 0.29) is 5.91 Å². The Kier molecular flexibility index (Phi) is 7.45. The maximum Gasteiger partial charge on any atom is 0.251 e. The van der Waals surface area contributed by atoms with Gasteiger partial charge in [0, 0.05) is 37.8 Å². The molecule has 3 nitrogen and oxygen atoms in total. The summed E-state index contributed by atoms with van der Waals surface area (Å²) in [5.41, 5.74) is 1.80. The van der Waals surface area contributed by atoms with Crippen molar-refractivity contribution in [2.75, 3.05) is 31.4 Å². The maximum atomic E-state index is 12.1. The zero-order valence-corrected chi connectivity index (χ0v) is 13.4. The molecule has 0 aliphatic carbocycles. The Morgan fingerprint density at radius 2 is 1.90 bits per heavy atom. The molecule has 0 aromatic heterocycles. The number of nitrogens with zero attached hydrogens (tertiary/aromatic N) is 1. The van der Waals surface area contributed by atoms with Crippen molar-refractivity contribution in [3.05, 3.63) is 29.8 Å². The zero-order chi connectivity index (χ0) is 15.0. The van der Waals surface area contributed by atoms with Gasteiger partial charge in [-0.05, 0) is 43.0 Å². The molecule has 0 saturated heterocycles. The number of halogens is 1. The highest BCUT2D eigenvalue weighted by molar-refractivity contribution is 6.17. The summed E-state index contributed by atoms with van der Waals surface area (Å²) in [4.78, 5) is 14.1. The Balaban J connectivity index is 2.53. The van der Waals surface area contributed by atoms with Crippen LogP contribution >= 0.6 is 11.6 Å². The first-order valence-corrected chi connectivity index (χ1v) is 7.73. The van der Waals surface area contributed by atoms with Gasteiger partial charge in [-0.25, -0.2) is 0 Å². The van der Waals surface area contributed by atoms with Crippen LogP contribution in [-0.2, 0) is 0 Å².